The predicted octanol–water partition coefficient (Wildman–Crippen LogP) is 0.995. The highest BCUT2D eigenvalue weighted by Gasteiger charge is 2.17. The fourth-order valence-electron chi connectivity index (χ4n) is 1.50. The van der Waals surface area contributed by atoms with Crippen molar-refractivity contribution in [1.29, 1.82) is 0 Å². The number of carbonyl (C=O) groups is 1. The van der Waals surface area contributed by atoms with Gasteiger partial charge in [-0.05, 0) is 18.6 Å². The van der Waals surface area contributed by atoms with Crippen LogP contribution < -0.4 is 5.73 Å². The van der Waals surface area contributed by atoms with Gasteiger partial charge in [-0.2, -0.15) is 0 Å². The predicted molar refractivity (Wildman–Crippen MR) is 57.4 cm³/mol. The number of aryl methyl sites for hydroxylation is 1. The molecule has 0 bridgehead atoms. The number of pyridine rings is 1. The summed E-state index contributed by atoms with van der Waals surface area (Å²) in [4.78, 5) is 15.4. The second kappa shape index (κ2) is 5.46. The lowest BCUT2D eigenvalue weighted by Gasteiger charge is -2.14. The molecular formula is C11H16N2O2. The molecule has 0 saturated heterocycles. The SMILES string of the molecule is COC(=O)CC(CN)c1ncccc1C. The first kappa shape index (κ1) is 11.7. The maximum Gasteiger partial charge on any atom is 0.306 e. The number of rotatable bonds is 4. The third-order valence-electron chi connectivity index (χ3n) is 2.36. The number of carbonyl (C=O) groups excluding carboxylic acids is 1. The quantitative estimate of drug-likeness (QED) is 0.749. The van der Waals surface area contributed by atoms with E-state index >= 15 is 0 Å². The van der Waals surface area contributed by atoms with E-state index in [9.17, 15) is 4.79 Å². The number of nitrogens with two attached hydrogens (primary N) is 1. The Kier molecular flexibility index (Phi) is 4.24. The van der Waals surface area contributed by atoms with E-state index in [0.29, 0.717) is 6.54 Å². The van der Waals surface area contributed by atoms with Gasteiger partial charge >= 0.3 is 5.97 Å². The van der Waals surface area contributed by atoms with Crippen LogP contribution in [0.5, 0.6) is 0 Å². The standard InChI is InChI=1S/C11H16N2O2/c1-8-4-3-5-13-11(8)9(7-12)6-10(14)15-2/h3-5,9H,6-7,12H2,1-2H3. The minimum atomic E-state index is -0.254. The van der Waals surface area contributed by atoms with E-state index in [1.807, 2.05) is 19.1 Å². The van der Waals surface area contributed by atoms with Gasteiger partial charge in [0, 0.05) is 24.4 Å². The van der Waals surface area contributed by atoms with Crippen molar-refractivity contribution < 1.29 is 9.53 Å². The zero-order chi connectivity index (χ0) is 11.3. The zero-order valence-electron chi connectivity index (χ0n) is 9.06. The molecule has 0 aromatic carbocycles. The molecule has 0 aliphatic rings. The largest absolute Gasteiger partial charge is 0.469 e. The molecule has 0 saturated carbocycles. The first-order valence-corrected chi connectivity index (χ1v) is 4.87. The summed E-state index contributed by atoms with van der Waals surface area (Å²) in [7, 11) is 1.38. The second-order valence-electron chi connectivity index (χ2n) is 3.42. The summed E-state index contributed by atoms with van der Waals surface area (Å²) in [5.41, 5.74) is 7.56. The smallest absolute Gasteiger partial charge is 0.306 e. The van der Waals surface area contributed by atoms with Gasteiger partial charge in [0.15, 0.2) is 0 Å². The molecule has 1 aromatic rings. The summed E-state index contributed by atoms with van der Waals surface area (Å²) in [6, 6.07) is 3.83. The van der Waals surface area contributed by atoms with Gasteiger partial charge in [-0.25, -0.2) is 0 Å². The van der Waals surface area contributed by atoms with Crippen LogP contribution in [0.2, 0.25) is 0 Å². The van der Waals surface area contributed by atoms with Crippen LogP contribution >= 0.6 is 0 Å². The fraction of sp³-hybridized carbons (Fsp3) is 0.455. The lowest BCUT2D eigenvalue weighted by Crippen LogP contribution is -2.19. The second-order valence-corrected chi connectivity index (χ2v) is 3.42. The van der Waals surface area contributed by atoms with E-state index in [-0.39, 0.29) is 18.3 Å². The van der Waals surface area contributed by atoms with Crippen LogP contribution in [0.4, 0.5) is 0 Å². The van der Waals surface area contributed by atoms with Gasteiger partial charge in [0.25, 0.3) is 0 Å². The van der Waals surface area contributed by atoms with E-state index in [2.05, 4.69) is 9.72 Å². The molecule has 0 radical (unpaired) electrons. The molecule has 0 aliphatic carbocycles. The van der Waals surface area contributed by atoms with E-state index in [1.165, 1.54) is 7.11 Å². The van der Waals surface area contributed by atoms with Gasteiger partial charge in [-0.1, -0.05) is 6.07 Å². The van der Waals surface area contributed by atoms with Gasteiger partial charge in [0.2, 0.25) is 0 Å². The number of hydrogen-bond donors (Lipinski definition) is 1. The molecule has 0 amide bonds. The summed E-state index contributed by atoms with van der Waals surface area (Å²) in [5.74, 6) is -0.311. The summed E-state index contributed by atoms with van der Waals surface area (Å²) in [5, 5.41) is 0. The lowest BCUT2D eigenvalue weighted by atomic mass is 9.97. The Balaban J connectivity index is 2.83. The van der Waals surface area contributed by atoms with Crippen molar-refractivity contribution in [1.82, 2.24) is 4.98 Å². The minimum absolute atomic E-state index is 0.0568. The van der Waals surface area contributed by atoms with Crippen molar-refractivity contribution in [3.63, 3.8) is 0 Å². The molecule has 82 valence electrons. The molecule has 1 rings (SSSR count). The molecule has 0 fully saturated rings. The zero-order valence-corrected chi connectivity index (χ0v) is 9.06. The Hall–Kier alpha value is -1.42. The molecule has 4 heteroatoms. The van der Waals surface area contributed by atoms with E-state index < -0.39 is 0 Å². The van der Waals surface area contributed by atoms with Crippen molar-refractivity contribution in [2.75, 3.05) is 13.7 Å². The van der Waals surface area contributed by atoms with Crippen LogP contribution in [0.15, 0.2) is 18.3 Å². The normalized spacial score (nSPS) is 12.2. The molecule has 15 heavy (non-hydrogen) atoms. The Morgan fingerprint density at radius 3 is 2.93 bits per heavy atom. The molecule has 1 heterocycles. The number of hydrogen-bond acceptors (Lipinski definition) is 4. The Bertz CT molecular complexity index is 339. The van der Waals surface area contributed by atoms with Crippen LogP contribution in [0.3, 0.4) is 0 Å². The topological polar surface area (TPSA) is 65.2 Å². The molecular weight excluding hydrogens is 192 g/mol. The monoisotopic (exact) mass is 208 g/mol. The number of methoxy groups -OCH3 is 1. The molecule has 0 aliphatic heterocycles. The number of aromatic nitrogens is 1. The third-order valence-corrected chi connectivity index (χ3v) is 2.36. The van der Waals surface area contributed by atoms with Gasteiger partial charge in [0.1, 0.15) is 0 Å². The van der Waals surface area contributed by atoms with E-state index in [4.69, 9.17) is 5.73 Å². The van der Waals surface area contributed by atoms with Crippen molar-refractivity contribution in [3.8, 4) is 0 Å². The number of esters is 1. The van der Waals surface area contributed by atoms with E-state index in [1.54, 1.807) is 6.20 Å². The van der Waals surface area contributed by atoms with Crippen molar-refractivity contribution in [2.45, 2.75) is 19.3 Å². The van der Waals surface area contributed by atoms with Crippen LogP contribution in [-0.2, 0) is 9.53 Å². The molecule has 2 N–H and O–H groups in total. The van der Waals surface area contributed by atoms with Crippen molar-refractivity contribution in [3.05, 3.63) is 29.6 Å². The molecule has 0 spiro atoms. The molecule has 1 atom stereocenters. The number of nitrogens with zero attached hydrogens (tertiary/aromatic N) is 1. The van der Waals surface area contributed by atoms with Gasteiger partial charge in [0.05, 0.1) is 13.5 Å². The average molecular weight is 208 g/mol. The van der Waals surface area contributed by atoms with Crippen molar-refractivity contribution >= 4 is 5.97 Å². The highest BCUT2D eigenvalue weighted by molar-refractivity contribution is 5.70. The fourth-order valence-corrected chi connectivity index (χ4v) is 1.50. The Morgan fingerprint density at radius 2 is 2.40 bits per heavy atom. The van der Waals surface area contributed by atoms with Crippen LogP contribution in [0.1, 0.15) is 23.6 Å². The highest BCUT2D eigenvalue weighted by atomic mass is 16.5. The van der Waals surface area contributed by atoms with Gasteiger partial charge in [-0.3, -0.25) is 9.78 Å². The summed E-state index contributed by atoms with van der Waals surface area (Å²) in [6.07, 6.45) is 1.99. The minimum Gasteiger partial charge on any atom is -0.469 e. The Morgan fingerprint density at radius 1 is 1.67 bits per heavy atom. The van der Waals surface area contributed by atoms with Gasteiger partial charge in [-0.15, -0.1) is 0 Å². The average Bonchev–Trinajstić information content (AvgIpc) is 2.26. The number of ether oxygens (including phenoxy) is 1. The van der Waals surface area contributed by atoms with Crippen LogP contribution in [0.25, 0.3) is 0 Å². The lowest BCUT2D eigenvalue weighted by molar-refractivity contribution is -0.141. The molecule has 1 aromatic heterocycles. The maximum atomic E-state index is 11.2. The summed E-state index contributed by atoms with van der Waals surface area (Å²) in [6.45, 7) is 2.36. The molecule has 1 unspecified atom stereocenters. The van der Waals surface area contributed by atoms with Gasteiger partial charge < -0.3 is 10.5 Å². The first-order chi connectivity index (χ1) is 7.19. The maximum absolute atomic E-state index is 11.2. The highest BCUT2D eigenvalue weighted by Crippen LogP contribution is 2.19. The Labute approximate surface area is 89.5 Å². The van der Waals surface area contributed by atoms with E-state index in [0.717, 1.165) is 11.3 Å². The summed E-state index contributed by atoms with van der Waals surface area (Å²) >= 11 is 0. The first-order valence-electron chi connectivity index (χ1n) is 4.87. The third kappa shape index (κ3) is 3.02. The van der Waals surface area contributed by atoms with Crippen LogP contribution in [0, 0.1) is 6.92 Å². The van der Waals surface area contributed by atoms with Crippen LogP contribution in [-0.4, -0.2) is 24.6 Å². The molecule has 4 nitrogen and oxygen atoms in total. The van der Waals surface area contributed by atoms with Crippen molar-refractivity contribution in [2.24, 2.45) is 5.73 Å². The summed E-state index contributed by atoms with van der Waals surface area (Å²) < 4.78 is 4.62.